The van der Waals surface area contributed by atoms with E-state index in [1.807, 2.05) is 17.0 Å². The van der Waals surface area contributed by atoms with Crippen LogP contribution in [-0.4, -0.2) is 48.0 Å². The lowest BCUT2D eigenvalue weighted by Gasteiger charge is -2.43. The standard InChI is InChI=1S/C25H32N2O2/c1-19-8-10-20(11-9-19)16-24(28)27-17-21-6-4-5-7-23(21)29-25(18-27)14-12-22(13-15-25)26(2)3/h4-11,22H,12-18H2,1-3H3. The average molecular weight is 393 g/mol. The quantitative estimate of drug-likeness (QED) is 0.785. The van der Waals surface area contributed by atoms with Gasteiger partial charge in [-0.2, -0.15) is 0 Å². The lowest BCUT2D eigenvalue weighted by Crippen LogP contribution is -2.51. The lowest BCUT2D eigenvalue weighted by atomic mass is 9.81. The molecule has 1 heterocycles. The lowest BCUT2D eigenvalue weighted by molar-refractivity contribution is -0.134. The van der Waals surface area contributed by atoms with E-state index in [-0.39, 0.29) is 11.5 Å². The summed E-state index contributed by atoms with van der Waals surface area (Å²) in [6, 6.07) is 17.1. The van der Waals surface area contributed by atoms with Crippen LogP contribution in [0.2, 0.25) is 0 Å². The largest absolute Gasteiger partial charge is 0.485 e. The zero-order chi connectivity index (χ0) is 20.4. The van der Waals surface area contributed by atoms with E-state index in [1.165, 1.54) is 5.56 Å². The molecule has 1 saturated carbocycles. The fourth-order valence-electron chi connectivity index (χ4n) is 4.68. The molecule has 0 bridgehead atoms. The van der Waals surface area contributed by atoms with Crippen molar-refractivity contribution in [1.82, 2.24) is 9.80 Å². The van der Waals surface area contributed by atoms with Crippen molar-refractivity contribution in [2.75, 3.05) is 20.6 Å². The molecule has 2 aromatic rings. The van der Waals surface area contributed by atoms with Crippen LogP contribution in [0.15, 0.2) is 48.5 Å². The maximum atomic E-state index is 13.3. The number of para-hydroxylation sites is 1. The molecule has 0 unspecified atom stereocenters. The Kier molecular flexibility index (Phi) is 5.64. The van der Waals surface area contributed by atoms with Crippen LogP contribution >= 0.6 is 0 Å². The highest BCUT2D eigenvalue weighted by Gasteiger charge is 2.42. The topological polar surface area (TPSA) is 32.8 Å². The summed E-state index contributed by atoms with van der Waals surface area (Å²) < 4.78 is 6.65. The Hall–Kier alpha value is -2.33. The molecule has 1 aliphatic heterocycles. The molecule has 1 fully saturated rings. The van der Waals surface area contributed by atoms with Crippen molar-refractivity contribution in [3.05, 3.63) is 65.2 Å². The van der Waals surface area contributed by atoms with Gasteiger partial charge in [-0.25, -0.2) is 0 Å². The molecule has 1 spiro atoms. The van der Waals surface area contributed by atoms with Gasteiger partial charge in [0.1, 0.15) is 11.4 Å². The molecule has 4 nitrogen and oxygen atoms in total. The van der Waals surface area contributed by atoms with Crippen LogP contribution in [0, 0.1) is 6.92 Å². The first-order chi connectivity index (χ1) is 13.9. The molecule has 0 saturated heterocycles. The van der Waals surface area contributed by atoms with Gasteiger partial charge in [0.25, 0.3) is 0 Å². The maximum Gasteiger partial charge on any atom is 0.227 e. The van der Waals surface area contributed by atoms with Crippen LogP contribution in [0.4, 0.5) is 0 Å². The normalized spacial score (nSPS) is 24.1. The van der Waals surface area contributed by atoms with Crippen LogP contribution in [0.1, 0.15) is 42.4 Å². The van der Waals surface area contributed by atoms with Gasteiger partial charge in [-0.05, 0) is 58.3 Å². The molecule has 1 aliphatic carbocycles. The third-order valence-electron chi connectivity index (χ3n) is 6.56. The average Bonchev–Trinajstić information content (AvgIpc) is 2.86. The van der Waals surface area contributed by atoms with E-state index in [0.717, 1.165) is 42.6 Å². The number of aryl methyl sites for hydroxylation is 1. The number of rotatable bonds is 3. The van der Waals surface area contributed by atoms with E-state index in [4.69, 9.17) is 4.74 Å². The second-order valence-corrected chi connectivity index (χ2v) is 9.00. The van der Waals surface area contributed by atoms with E-state index in [9.17, 15) is 4.79 Å². The summed E-state index contributed by atoms with van der Waals surface area (Å²) in [6.45, 7) is 3.37. The highest BCUT2D eigenvalue weighted by atomic mass is 16.5. The van der Waals surface area contributed by atoms with E-state index < -0.39 is 0 Å². The molecule has 0 aromatic heterocycles. The van der Waals surface area contributed by atoms with Gasteiger partial charge in [-0.1, -0.05) is 48.0 Å². The minimum absolute atomic E-state index is 0.184. The van der Waals surface area contributed by atoms with Gasteiger partial charge in [0.2, 0.25) is 5.91 Å². The molecule has 1 amide bonds. The van der Waals surface area contributed by atoms with Crippen molar-refractivity contribution in [2.45, 2.75) is 57.2 Å². The fraction of sp³-hybridized carbons (Fsp3) is 0.480. The predicted octanol–water partition coefficient (Wildman–Crippen LogP) is 4.20. The molecule has 4 heteroatoms. The summed E-state index contributed by atoms with van der Waals surface area (Å²) in [6.07, 6.45) is 4.63. The Balaban J connectivity index is 1.57. The molecule has 4 rings (SSSR count). The number of amides is 1. The van der Waals surface area contributed by atoms with Gasteiger partial charge in [0.05, 0.1) is 13.0 Å². The van der Waals surface area contributed by atoms with Crippen molar-refractivity contribution in [2.24, 2.45) is 0 Å². The van der Waals surface area contributed by atoms with Crippen LogP contribution in [0.3, 0.4) is 0 Å². The maximum absolute atomic E-state index is 13.3. The minimum atomic E-state index is -0.276. The smallest absolute Gasteiger partial charge is 0.227 e. The zero-order valence-electron chi connectivity index (χ0n) is 17.9. The first-order valence-corrected chi connectivity index (χ1v) is 10.7. The number of fused-ring (bicyclic) bond motifs is 1. The third-order valence-corrected chi connectivity index (χ3v) is 6.56. The summed E-state index contributed by atoms with van der Waals surface area (Å²) in [5.41, 5.74) is 3.12. The van der Waals surface area contributed by atoms with E-state index in [2.05, 4.69) is 62.3 Å². The number of hydrogen-bond donors (Lipinski definition) is 0. The first kappa shape index (κ1) is 20.0. The van der Waals surface area contributed by atoms with E-state index >= 15 is 0 Å². The van der Waals surface area contributed by atoms with Crippen molar-refractivity contribution >= 4 is 5.91 Å². The van der Waals surface area contributed by atoms with E-state index in [1.54, 1.807) is 0 Å². The van der Waals surface area contributed by atoms with Gasteiger partial charge < -0.3 is 14.5 Å². The van der Waals surface area contributed by atoms with E-state index in [0.29, 0.717) is 25.6 Å². The summed E-state index contributed by atoms with van der Waals surface area (Å²) in [5, 5.41) is 0. The number of carbonyl (C=O) groups is 1. The monoisotopic (exact) mass is 392 g/mol. The van der Waals surface area contributed by atoms with Gasteiger partial charge in [0.15, 0.2) is 0 Å². The second kappa shape index (κ2) is 8.19. The molecular formula is C25H32N2O2. The number of hydrogen-bond acceptors (Lipinski definition) is 3. The Morgan fingerprint density at radius 2 is 1.79 bits per heavy atom. The Morgan fingerprint density at radius 3 is 2.48 bits per heavy atom. The zero-order valence-corrected chi connectivity index (χ0v) is 17.9. The van der Waals surface area contributed by atoms with Gasteiger partial charge in [0, 0.05) is 18.2 Å². The summed E-state index contributed by atoms with van der Waals surface area (Å²) in [4.78, 5) is 17.6. The highest BCUT2D eigenvalue weighted by molar-refractivity contribution is 5.79. The summed E-state index contributed by atoms with van der Waals surface area (Å²) in [5.74, 6) is 1.13. The molecular weight excluding hydrogens is 360 g/mol. The van der Waals surface area contributed by atoms with Gasteiger partial charge >= 0.3 is 0 Å². The number of ether oxygens (including phenoxy) is 1. The molecule has 0 N–H and O–H groups in total. The number of nitrogens with zero attached hydrogens (tertiary/aromatic N) is 2. The Labute approximate surface area is 174 Å². The Bertz CT molecular complexity index is 851. The van der Waals surface area contributed by atoms with Crippen molar-refractivity contribution in [3.8, 4) is 5.75 Å². The SMILES string of the molecule is Cc1ccc(CC(=O)N2Cc3ccccc3OC3(CCC(N(C)C)CC3)C2)cc1. The van der Waals surface area contributed by atoms with Crippen LogP contribution in [-0.2, 0) is 17.8 Å². The fourth-order valence-corrected chi connectivity index (χ4v) is 4.68. The Morgan fingerprint density at radius 1 is 1.10 bits per heavy atom. The molecule has 0 atom stereocenters. The van der Waals surface area contributed by atoms with Gasteiger partial charge in [-0.15, -0.1) is 0 Å². The van der Waals surface area contributed by atoms with Crippen LogP contribution in [0.5, 0.6) is 5.75 Å². The van der Waals surface area contributed by atoms with Crippen LogP contribution in [0.25, 0.3) is 0 Å². The molecule has 2 aliphatic rings. The summed E-state index contributed by atoms with van der Waals surface area (Å²) in [7, 11) is 4.31. The van der Waals surface area contributed by atoms with Crippen LogP contribution < -0.4 is 4.74 Å². The molecule has 29 heavy (non-hydrogen) atoms. The minimum Gasteiger partial charge on any atom is -0.485 e. The second-order valence-electron chi connectivity index (χ2n) is 9.00. The highest BCUT2D eigenvalue weighted by Crippen LogP contribution is 2.39. The first-order valence-electron chi connectivity index (χ1n) is 10.7. The molecule has 0 radical (unpaired) electrons. The third kappa shape index (κ3) is 4.48. The molecule has 154 valence electrons. The van der Waals surface area contributed by atoms with Crippen molar-refractivity contribution in [1.29, 1.82) is 0 Å². The number of carbonyl (C=O) groups excluding carboxylic acids is 1. The van der Waals surface area contributed by atoms with Gasteiger partial charge in [-0.3, -0.25) is 4.79 Å². The predicted molar refractivity (Wildman–Crippen MR) is 116 cm³/mol. The molecule has 2 aromatic carbocycles. The number of benzene rings is 2. The van der Waals surface area contributed by atoms with Crippen molar-refractivity contribution in [3.63, 3.8) is 0 Å². The summed E-state index contributed by atoms with van der Waals surface area (Å²) >= 11 is 0. The van der Waals surface area contributed by atoms with Crippen molar-refractivity contribution < 1.29 is 9.53 Å².